The maximum Gasteiger partial charge on any atom is 0.128 e. The summed E-state index contributed by atoms with van der Waals surface area (Å²) in [7, 11) is 2.10. The standard InChI is InChI=1S/C12H18N2OS/c1-9(15)10-3-4-12(13-7-10)14(2)11-5-6-16-8-11/h3-4,7,9,11,15H,5-6,8H2,1-2H3. The van der Waals surface area contributed by atoms with Crippen molar-refractivity contribution >= 4 is 17.6 Å². The molecule has 2 heterocycles. The normalized spacial score (nSPS) is 22.1. The molecule has 1 aliphatic heterocycles. The molecule has 0 bridgehead atoms. The van der Waals surface area contributed by atoms with Crippen LogP contribution < -0.4 is 4.90 Å². The maximum atomic E-state index is 9.41. The Kier molecular flexibility index (Phi) is 3.71. The summed E-state index contributed by atoms with van der Waals surface area (Å²) in [5.41, 5.74) is 0.873. The Morgan fingerprint density at radius 1 is 1.56 bits per heavy atom. The quantitative estimate of drug-likeness (QED) is 0.874. The lowest BCUT2D eigenvalue weighted by Crippen LogP contribution is -2.31. The van der Waals surface area contributed by atoms with Crippen LogP contribution in [0.2, 0.25) is 0 Å². The third-order valence-electron chi connectivity index (χ3n) is 3.07. The van der Waals surface area contributed by atoms with Gasteiger partial charge in [0.15, 0.2) is 0 Å². The molecule has 2 rings (SSSR count). The summed E-state index contributed by atoms with van der Waals surface area (Å²) in [6.07, 6.45) is 2.56. The fourth-order valence-electron chi connectivity index (χ4n) is 1.87. The van der Waals surface area contributed by atoms with E-state index in [9.17, 15) is 5.11 Å². The van der Waals surface area contributed by atoms with Gasteiger partial charge in [-0.25, -0.2) is 4.98 Å². The van der Waals surface area contributed by atoms with Crippen LogP contribution in [0, 0.1) is 0 Å². The van der Waals surface area contributed by atoms with E-state index in [1.807, 2.05) is 23.9 Å². The molecule has 16 heavy (non-hydrogen) atoms. The van der Waals surface area contributed by atoms with E-state index in [1.165, 1.54) is 17.9 Å². The molecule has 0 spiro atoms. The van der Waals surface area contributed by atoms with E-state index in [1.54, 1.807) is 13.1 Å². The maximum absolute atomic E-state index is 9.41. The van der Waals surface area contributed by atoms with E-state index < -0.39 is 6.10 Å². The lowest BCUT2D eigenvalue weighted by molar-refractivity contribution is 0.199. The molecule has 1 aliphatic rings. The Balaban J connectivity index is 2.08. The molecule has 0 amide bonds. The summed E-state index contributed by atoms with van der Waals surface area (Å²) < 4.78 is 0. The molecular weight excluding hydrogens is 220 g/mol. The lowest BCUT2D eigenvalue weighted by Gasteiger charge is -2.25. The molecule has 1 saturated heterocycles. The highest BCUT2D eigenvalue weighted by atomic mass is 32.2. The molecular formula is C12H18N2OS. The SMILES string of the molecule is CC(O)c1ccc(N(C)C2CCSC2)nc1. The van der Waals surface area contributed by atoms with Gasteiger partial charge in [0, 0.05) is 25.0 Å². The van der Waals surface area contributed by atoms with Gasteiger partial charge in [-0.1, -0.05) is 6.07 Å². The molecule has 1 aromatic rings. The number of pyridine rings is 1. The monoisotopic (exact) mass is 238 g/mol. The average molecular weight is 238 g/mol. The number of hydrogen-bond acceptors (Lipinski definition) is 4. The van der Waals surface area contributed by atoms with Crippen molar-refractivity contribution in [3.63, 3.8) is 0 Å². The van der Waals surface area contributed by atoms with E-state index in [0.29, 0.717) is 6.04 Å². The molecule has 2 unspecified atom stereocenters. The number of hydrogen-bond donors (Lipinski definition) is 1. The van der Waals surface area contributed by atoms with Crippen LogP contribution in [0.4, 0.5) is 5.82 Å². The molecule has 1 N–H and O–H groups in total. The smallest absolute Gasteiger partial charge is 0.128 e. The number of anilines is 1. The number of aromatic nitrogens is 1. The van der Waals surface area contributed by atoms with Crippen LogP contribution in [-0.4, -0.2) is 34.7 Å². The van der Waals surface area contributed by atoms with Crippen LogP contribution in [0.15, 0.2) is 18.3 Å². The molecule has 4 heteroatoms. The summed E-state index contributed by atoms with van der Waals surface area (Å²) in [6, 6.07) is 4.55. The second-order valence-electron chi connectivity index (χ2n) is 4.25. The van der Waals surface area contributed by atoms with E-state index in [4.69, 9.17) is 0 Å². The van der Waals surface area contributed by atoms with Gasteiger partial charge in [-0.15, -0.1) is 0 Å². The van der Waals surface area contributed by atoms with E-state index >= 15 is 0 Å². The van der Waals surface area contributed by atoms with Crippen molar-refractivity contribution in [1.29, 1.82) is 0 Å². The molecule has 1 aromatic heterocycles. The summed E-state index contributed by atoms with van der Waals surface area (Å²) in [6.45, 7) is 1.76. The van der Waals surface area contributed by atoms with Gasteiger partial charge >= 0.3 is 0 Å². The third-order valence-corrected chi connectivity index (χ3v) is 4.21. The van der Waals surface area contributed by atoms with Crippen molar-refractivity contribution < 1.29 is 5.11 Å². The summed E-state index contributed by atoms with van der Waals surface area (Å²) in [4.78, 5) is 6.64. The van der Waals surface area contributed by atoms with Gasteiger partial charge in [-0.2, -0.15) is 11.8 Å². The van der Waals surface area contributed by atoms with Crippen LogP contribution in [0.25, 0.3) is 0 Å². The second kappa shape index (κ2) is 5.06. The fourth-order valence-corrected chi connectivity index (χ4v) is 3.14. The van der Waals surface area contributed by atoms with Gasteiger partial charge < -0.3 is 10.0 Å². The Morgan fingerprint density at radius 3 is 2.88 bits per heavy atom. The van der Waals surface area contributed by atoms with Gasteiger partial charge in [-0.3, -0.25) is 0 Å². The first kappa shape index (κ1) is 11.7. The van der Waals surface area contributed by atoms with E-state index in [0.717, 1.165) is 11.4 Å². The van der Waals surface area contributed by atoms with Crippen molar-refractivity contribution in [1.82, 2.24) is 4.98 Å². The minimum absolute atomic E-state index is 0.436. The van der Waals surface area contributed by atoms with Crippen LogP contribution in [0.1, 0.15) is 25.0 Å². The van der Waals surface area contributed by atoms with Crippen LogP contribution >= 0.6 is 11.8 Å². The first-order valence-corrected chi connectivity index (χ1v) is 6.78. The van der Waals surface area contributed by atoms with Crippen LogP contribution in [0.3, 0.4) is 0 Å². The van der Waals surface area contributed by atoms with Crippen molar-refractivity contribution in [2.45, 2.75) is 25.5 Å². The zero-order valence-electron chi connectivity index (χ0n) is 9.76. The van der Waals surface area contributed by atoms with E-state index in [-0.39, 0.29) is 0 Å². The largest absolute Gasteiger partial charge is 0.389 e. The number of rotatable bonds is 3. The first-order chi connectivity index (χ1) is 7.68. The molecule has 3 nitrogen and oxygen atoms in total. The first-order valence-electron chi connectivity index (χ1n) is 5.63. The Morgan fingerprint density at radius 2 is 2.38 bits per heavy atom. The fraction of sp³-hybridized carbons (Fsp3) is 0.583. The minimum Gasteiger partial charge on any atom is -0.389 e. The molecule has 0 saturated carbocycles. The van der Waals surface area contributed by atoms with Gasteiger partial charge in [0.2, 0.25) is 0 Å². The molecule has 0 radical (unpaired) electrons. The number of aliphatic hydroxyl groups is 1. The van der Waals surface area contributed by atoms with Gasteiger partial charge in [0.25, 0.3) is 0 Å². The summed E-state index contributed by atoms with van der Waals surface area (Å²) >= 11 is 2.00. The lowest BCUT2D eigenvalue weighted by atomic mass is 10.2. The Labute approximate surface area is 101 Å². The summed E-state index contributed by atoms with van der Waals surface area (Å²) in [5.74, 6) is 3.44. The third kappa shape index (κ3) is 2.50. The highest BCUT2D eigenvalue weighted by Crippen LogP contribution is 2.25. The Bertz CT molecular complexity index is 333. The van der Waals surface area contributed by atoms with Crippen LogP contribution in [-0.2, 0) is 0 Å². The van der Waals surface area contributed by atoms with Crippen molar-refractivity contribution in [2.75, 3.05) is 23.5 Å². The molecule has 0 aliphatic carbocycles. The average Bonchev–Trinajstić information content (AvgIpc) is 2.81. The van der Waals surface area contributed by atoms with Gasteiger partial charge in [0.05, 0.1) is 6.10 Å². The van der Waals surface area contributed by atoms with E-state index in [2.05, 4.69) is 16.9 Å². The molecule has 2 atom stereocenters. The van der Waals surface area contributed by atoms with Crippen LogP contribution in [0.5, 0.6) is 0 Å². The zero-order valence-corrected chi connectivity index (χ0v) is 10.6. The highest BCUT2D eigenvalue weighted by molar-refractivity contribution is 7.99. The Hall–Kier alpha value is -0.740. The van der Waals surface area contributed by atoms with Crippen molar-refractivity contribution in [3.05, 3.63) is 23.9 Å². The number of nitrogens with zero attached hydrogens (tertiary/aromatic N) is 2. The van der Waals surface area contributed by atoms with Gasteiger partial charge in [0.1, 0.15) is 5.82 Å². The predicted octanol–water partition coefficient (Wildman–Crippen LogP) is 2.08. The topological polar surface area (TPSA) is 36.4 Å². The zero-order chi connectivity index (χ0) is 11.5. The number of thioether (sulfide) groups is 1. The van der Waals surface area contributed by atoms with Crippen molar-refractivity contribution in [3.8, 4) is 0 Å². The second-order valence-corrected chi connectivity index (χ2v) is 5.40. The molecule has 1 fully saturated rings. The predicted molar refractivity (Wildman–Crippen MR) is 69.0 cm³/mol. The summed E-state index contributed by atoms with van der Waals surface area (Å²) in [5, 5.41) is 9.41. The minimum atomic E-state index is -0.436. The van der Waals surface area contributed by atoms with Gasteiger partial charge in [-0.05, 0) is 30.7 Å². The molecule has 88 valence electrons. The highest BCUT2D eigenvalue weighted by Gasteiger charge is 2.20. The molecule has 0 aromatic carbocycles. The number of aliphatic hydroxyl groups excluding tert-OH is 1. The van der Waals surface area contributed by atoms with Crippen molar-refractivity contribution in [2.24, 2.45) is 0 Å².